The van der Waals surface area contributed by atoms with Gasteiger partial charge in [0.05, 0.1) is 18.8 Å². The number of aryl methyl sites for hydroxylation is 1. The maximum atomic E-state index is 12.5. The van der Waals surface area contributed by atoms with Crippen LogP contribution < -0.4 is 10.3 Å². The first-order chi connectivity index (χ1) is 12.8. The molecule has 1 fully saturated rings. The zero-order valence-electron chi connectivity index (χ0n) is 15.3. The van der Waals surface area contributed by atoms with Gasteiger partial charge in [0, 0.05) is 44.2 Å². The number of piperidine rings is 1. The summed E-state index contributed by atoms with van der Waals surface area (Å²) in [6.07, 6.45) is 2.07. The number of nitrogens with zero attached hydrogens (tertiary/aromatic N) is 4. The van der Waals surface area contributed by atoms with Crippen molar-refractivity contribution < 1.29 is 12.9 Å². The van der Waals surface area contributed by atoms with Crippen LogP contribution in [0.5, 0.6) is 0 Å². The molecule has 0 spiro atoms. The molecule has 2 aliphatic rings. The van der Waals surface area contributed by atoms with Crippen molar-refractivity contribution in [3.05, 3.63) is 46.0 Å². The number of rotatable bonds is 5. The van der Waals surface area contributed by atoms with E-state index in [9.17, 15) is 13.2 Å². The van der Waals surface area contributed by atoms with Crippen molar-refractivity contribution in [1.82, 2.24) is 24.3 Å². The number of hydrogen-bond donors (Lipinski definition) is 1. The van der Waals surface area contributed by atoms with Crippen molar-refractivity contribution in [3.63, 3.8) is 0 Å². The molecule has 0 unspecified atom stereocenters. The first kappa shape index (κ1) is 18.3. The second kappa shape index (κ2) is 6.84. The van der Waals surface area contributed by atoms with E-state index in [-0.39, 0.29) is 30.0 Å². The van der Waals surface area contributed by atoms with E-state index in [4.69, 9.17) is 4.52 Å². The number of likely N-dealkylation sites (tertiary alicyclic amines) is 1. The van der Waals surface area contributed by atoms with Crippen LogP contribution >= 0.6 is 0 Å². The second-order valence-corrected chi connectivity index (χ2v) is 9.30. The van der Waals surface area contributed by atoms with E-state index in [1.165, 1.54) is 6.07 Å². The molecule has 1 N–H and O–H groups in total. The van der Waals surface area contributed by atoms with E-state index in [0.29, 0.717) is 18.3 Å². The van der Waals surface area contributed by atoms with Crippen molar-refractivity contribution in [2.75, 3.05) is 25.9 Å². The fourth-order valence-electron chi connectivity index (χ4n) is 4.37. The van der Waals surface area contributed by atoms with Gasteiger partial charge in [-0.1, -0.05) is 11.2 Å². The highest BCUT2D eigenvalue weighted by Crippen LogP contribution is 2.41. The normalized spacial score (nSPS) is 25.3. The Morgan fingerprint density at radius 3 is 2.85 bits per heavy atom. The second-order valence-electron chi connectivity index (χ2n) is 7.46. The van der Waals surface area contributed by atoms with E-state index in [1.807, 2.05) is 6.07 Å². The van der Waals surface area contributed by atoms with Crippen molar-refractivity contribution in [2.24, 2.45) is 5.92 Å². The molecule has 3 atom stereocenters. The maximum absolute atomic E-state index is 12.5. The molecule has 0 aliphatic carbocycles. The minimum absolute atomic E-state index is 0.0789. The lowest BCUT2D eigenvalue weighted by molar-refractivity contribution is 0.0845. The molecular weight excluding hydrogens is 370 g/mol. The highest BCUT2D eigenvalue weighted by atomic mass is 32.2. The standard InChI is InChI=1S/C17H23N5O4S/c1-11-19-16(20-26-11)10-21-8-12-6-13(9-21)15(7-18-27(2,24)25)22-14(12)4-3-5-17(22)23/h3-5,12-13,15,18H,6-10H2,1-2H3/t12-,13+,15+/m1/s1. The summed E-state index contributed by atoms with van der Waals surface area (Å²) in [6.45, 7) is 4.10. The summed E-state index contributed by atoms with van der Waals surface area (Å²) in [5, 5.41) is 3.98. The van der Waals surface area contributed by atoms with E-state index in [2.05, 4.69) is 19.8 Å². The Morgan fingerprint density at radius 2 is 2.15 bits per heavy atom. The summed E-state index contributed by atoms with van der Waals surface area (Å²) in [5.74, 6) is 1.57. The molecule has 10 heteroatoms. The van der Waals surface area contributed by atoms with Gasteiger partial charge < -0.3 is 9.09 Å². The monoisotopic (exact) mass is 393 g/mol. The maximum Gasteiger partial charge on any atom is 0.251 e. The van der Waals surface area contributed by atoms with Crippen LogP contribution in [0.15, 0.2) is 27.5 Å². The lowest BCUT2D eigenvalue weighted by Gasteiger charge is -2.46. The van der Waals surface area contributed by atoms with Crippen molar-refractivity contribution in [3.8, 4) is 0 Å². The van der Waals surface area contributed by atoms with Crippen LogP contribution in [-0.2, 0) is 16.6 Å². The van der Waals surface area contributed by atoms with Gasteiger partial charge in [0.25, 0.3) is 5.56 Å². The predicted octanol–water partition coefficient (Wildman–Crippen LogP) is 0.249. The minimum atomic E-state index is -3.34. The first-order valence-corrected chi connectivity index (χ1v) is 10.9. The average Bonchev–Trinajstić information content (AvgIpc) is 2.99. The quantitative estimate of drug-likeness (QED) is 0.775. The Hall–Kier alpha value is -2.04. The summed E-state index contributed by atoms with van der Waals surface area (Å²) in [4.78, 5) is 19.1. The molecule has 2 aromatic heterocycles. The van der Waals surface area contributed by atoms with Gasteiger partial charge >= 0.3 is 0 Å². The molecule has 2 aliphatic heterocycles. The molecule has 27 heavy (non-hydrogen) atoms. The molecule has 9 nitrogen and oxygen atoms in total. The van der Waals surface area contributed by atoms with E-state index >= 15 is 0 Å². The molecule has 0 amide bonds. The van der Waals surface area contributed by atoms with Gasteiger partial charge in [-0.05, 0) is 18.4 Å². The third-order valence-electron chi connectivity index (χ3n) is 5.36. The van der Waals surface area contributed by atoms with Gasteiger partial charge in [-0.2, -0.15) is 4.98 Å². The van der Waals surface area contributed by atoms with Gasteiger partial charge in [0.2, 0.25) is 15.9 Å². The zero-order chi connectivity index (χ0) is 19.2. The van der Waals surface area contributed by atoms with E-state index in [0.717, 1.165) is 31.5 Å². The number of pyridine rings is 1. The fraction of sp³-hybridized carbons (Fsp3) is 0.588. The molecule has 0 radical (unpaired) electrons. The third-order valence-corrected chi connectivity index (χ3v) is 6.05. The highest BCUT2D eigenvalue weighted by Gasteiger charge is 2.40. The van der Waals surface area contributed by atoms with Crippen LogP contribution in [-0.4, -0.2) is 53.9 Å². The Labute approximate surface area is 157 Å². The van der Waals surface area contributed by atoms with Gasteiger partial charge in [-0.3, -0.25) is 9.69 Å². The Balaban J connectivity index is 1.64. The number of fused-ring (bicyclic) bond motifs is 4. The van der Waals surface area contributed by atoms with Crippen LogP contribution in [0.4, 0.5) is 0 Å². The summed E-state index contributed by atoms with van der Waals surface area (Å²) >= 11 is 0. The Morgan fingerprint density at radius 1 is 1.33 bits per heavy atom. The number of hydrogen-bond acceptors (Lipinski definition) is 7. The average molecular weight is 393 g/mol. The molecule has 1 saturated heterocycles. The topological polar surface area (TPSA) is 110 Å². The van der Waals surface area contributed by atoms with Crippen LogP contribution in [0.2, 0.25) is 0 Å². The molecule has 4 rings (SSSR count). The van der Waals surface area contributed by atoms with Crippen molar-refractivity contribution in [1.29, 1.82) is 0 Å². The van der Waals surface area contributed by atoms with Crippen molar-refractivity contribution >= 4 is 10.0 Å². The number of sulfonamides is 1. The third kappa shape index (κ3) is 3.83. The summed E-state index contributed by atoms with van der Waals surface area (Å²) in [7, 11) is -3.34. The minimum Gasteiger partial charge on any atom is -0.340 e. The highest BCUT2D eigenvalue weighted by molar-refractivity contribution is 7.88. The Kier molecular flexibility index (Phi) is 4.65. The van der Waals surface area contributed by atoms with E-state index in [1.54, 1.807) is 17.6 Å². The predicted molar refractivity (Wildman–Crippen MR) is 97.7 cm³/mol. The summed E-state index contributed by atoms with van der Waals surface area (Å²) < 4.78 is 32.7. The van der Waals surface area contributed by atoms with Gasteiger partial charge in [-0.25, -0.2) is 13.1 Å². The molecule has 4 heterocycles. The van der Waals surface area contributed by atoms with Crippen LogP contribution in [0.25, 0.3) is 0 Å². The van der Waals surface area contributed by atoms with Gasteiger partial charge in [0.15, 0.2) is 5.82 Å². The molecule has 0 aromatic carbocycles. The van der Waals surface area contributed by atoms with Crippen LogP contribution in [0.1, 0.15) is 35.8 Å². The van der Waals surface area contributed by atoms with Crippen LogP contribution in [0, 0.1) is 12.8 Å². The summed E-state index contributed by atoms with van der Waals surface area (Å²) in [6, 6.07) is 5.07. The number of aromatic nitrogens is 3. The smallest absolute Gasteiger partial charge is 0.251 e. The van der Waals surface area contributed by atoms with Gasteiger partial charge in [-0.15, -0.1) is 0 Å². The van der Waals surface area contributed by atoms with Crippen molar-refractivity contribution in [2.45, 2.75) is 31.8 Å². The lowest BCUT2D eigenvalue weighted by Crippen LogP contribution is -2.51. The number of nitrogens with one attached hydrogen (secondary N) is 1. The molecule has 146 valence electrons. The lowest BCUT2D eigenvalue weighted by atomic mass is 9.78. The van der Waals surface area contributed by atoms with E-state index < -0.39 is 10.0 Å². The molecule has 0 saturated carbocycles. The largest absolute Gasteiger partial charge is 0.340 e. The molecule has 2 aromatic rings. The van der Waals surface area contributed by atoms with Gasteiger partial charge in [0.1, 0.15) is 0 Å². The SMILES string of the molecule is Cc1nc(CN2C[C@H]3C[C@@H](C2)[C@H](CNS(C)(=O)=O)n2c3cccc2=O)no1. The molecular formula is C17H23N5O4S. The first-order valence-electron chi connectivity index (χ1n) is 8.98. The fourth-order valence-corrected chi connectivity index (χ4v) is 4.84. The van der Waals surface area contributed by atoms with Crippen LogP contribution in [0.3, 0.4) is 0 Å². The Bertz CT molecular complexity index is 999. The molecule has 2 bridgehead atoms. The summed E-state index contributed by atoms with van der Waals surface area (Å²) in [5.41, 5.74) is 0.887. The zero-order valence-corrected chi connectivity index (χ0v) is 16.1.